The highest BCUT2D eigenvalue weighted by molar-refractivity contribution is 7.92. The number of amides is 4. The molecule has 0 aliphatic heterocycles. The second kappa shape index (κ2) is 14.7. The van der Waals surface area contributed by atoms with Crippen LogP contribution in [0.5, 0.6) is 0 Å². The average Bonchev–Trinajstić information content (AvgIpc) is 2.92. The summed E-state index contributed by atoms with van der Waals surface area (Å²) in [6.45, 7) is 6.40. The van der Waals surface area contributed by atoms with Crippen LogP contribution in [0.2, 0.25) is 0 Å². The van der Waals surface area contributed by atoms with Gasteiger partial charge in [-0.25, -0.2) is 18.0 Å². The number of sulfonamides is 1. The Morgan fingerprint density at radius 3 is 2.12 bits per heavy atom. The van der Waals surface area contributed by atoms with Crippen molar-refractivity contribution in [1.82, 2.24) is 10.6 Å². The third-order valence-electron chi connectivity index (χ3n) is 5.76. The Bertz CT molecular complexity index is 1490. The lowest BCUT2D eigenvalue weighted by molar-refractivity contribution is -0.137. The lowest BCUT2D eigenvalue weighted by atomic mass is 10.0. The summed E-state index contributed by atoms with van der Waals surface area (Å²) in [6.07, 6.45) is 0.317. The molecular weight excluding hydrogens is 560 g/mol. The van der Waals surface area contributed by atoms with E-state index in [4.69, 9.17) is 0 Å². The number of carbonyl (C=O) groups is 3. The van der Waals surface area contributed by atoms with Gasteiger partial charge in [0.15, 0.2) is 0 Å². The van der Waals surface area contributed by atoms with Crippen molar-refractivity contribution in [3.05, 3.63) is 78.4 Å². The number of aliphatic carboxylic acids is 1. The van der Waals surface area contributed by atoms with Crippen LogP contribution in [0.1, 0.15) is 45.2 Å². The van der Waals surface area contributed by atoms with Crippen molar-refractivity contribution < 1.29 is 27.9 Å². The van der Waals surface area contributed by atoms with E-state index in [9.17, 15) is 27.9 Å². The molecule has 12 nitrogen and oxygen atoms in total. The van der Waals surface area contributed by atoms with Gasteiger partial charge in [-0.1, -0.05) is 25.1 Å². The Kier molecular flexibility index (Phi) is 11.1. The number of rotatable bonds is 13. The van der Waals surface area contributed by atoms with Crippen LogP contribution in [-0.4, -0.2) is 44.1 Å². The first-order valence-electron chi connectivity index (χ1n) is 13.4. The molecule has 0 aromatic heterocycles. The van der Waals surface area contributed by atoms with Crippen molar-refractivity contribution in [1.29, 1.82) is 0 Å². The molecule has 1 unspecified atom stereocenters. The van der Waals surface area contributed by atoms with Gasteiger partial charge in [0.05, 0.1) is 17.4 Å². The van der Waals surface area contributed by atoms with Gasteiger partial charge in [-0.2, -0.15) is 0 Å². The van der Waals surface area contributed by atoms with Crippen LogP contribution in [-0.2, 0) is 14.8 Å². The van der Waals surface area contributed by atoms with Crippen LogP contribution in [0, 0.1) is 0 Å². The van der Waals surface area contributed by atoms with Gasteiger partial charge in [0.25, 0.3) is 10.0 Å². The summed E-state index contributed by atoms with van der Waals surface area (Å²) in [7, 11) is -4.07. The molecule has 3 aromatic rings. The number of anilines is 4. The smallest absolute Gasteiger partial charge is 0.319 e. The second-order valence-electron chi connectivity index (χ2n) is 9.76. The molecule has 4 amide bonds. The zero-order chi connectivity index (χ0) is 30.7. The van der Waals surface area contributed by atoms with E-state index in [1.807, 2.05) is 32.9 Å². The van der Waals surface area contributed by atoms with E-state index in [1.54, 1.807) is 30.3 Å². The molecule has 3 aromatic carbocycles. The van der Waals surface area contributed by atoms with E-state index in [1.165, 1.54) is 30.3 Å². The first-order chi connectivity index (χ1) is 19.9. The number of nitrogens with one attached hydrogen (secondary N) is 6. The van der Waals surface area contributed by atoms with Gasteiger partial charge in [0, 0.05) is 35.3 Å². The maximum atomic E-state index is 13.1. The molecule has 0 heterocycles. The number of carboxylic acid groups (broad SMARTS) is 1. The van der Waals surface area contributed by atoms with Gasteiger partial charge < -0.3 is 31.7 Å². The monoisotopic (exact) mass is 596 g/mol. The fraction of sp³-hybridized carbons (Fsp3) is 0.276. The molecule has 0 fully saturated rings. The molecule has 1 atom stereocenters. The van der Waals surface area contributed by atoms with Crippen molar-refractivity contribution in [3.8, 4) is 0 Å². The van der Waals surface area contributed by atoms with Gasteiger partial charge in [-0.3, -0.25) is 9.52 Å². The van der Waals surface area contributed by atoms with E-state index >= 15 is 0 Å². The van der Waals surface area contributed by atoms with Gasteiger partial charge in [0.2, 0.25) is 0 Å². The fourth-order valence-electron chi connectivity index (χ4n) is 3.92. The zero-order valence-corrected chi connectivity index (χ0v) is 24.4. The minimum atomic E-state index is -4.07. The van der Waals surface area contributed by atoms with E-state index in [2.05, 4.69) is 31.3 Å². The Morgan fingerprint density at radius 1 is 0.810 bits per heavy atom. The van der Waals surface area contributed by atoms with Crippen molar-refractivity contribution >= 4 is 50.8 Å². The predicted octanol–water partition coefficient (Wildman–Crippen LogP) is 5.18. The van der Waals surface area contributed by atoms with Crippen molar-refractivity contribution in [2.24, 2.45) is 0 Å². The Morgan fingerprint density at radius 2 is 1.45 bits per heavy atom. The molecule has 0 saturated carbocycles. The summed E-state index contributed by atoms with van der Waals surface area (Å²) in [4.78, 5) is 36.2. The standard InChI is InChI=1S/C29H36N6O6S/c1-4-15-30-28(38)33-23-8-6-10-25(17-23)42(40,41)35-24-9-5-7-20(16-24)26(18-27(36)37)34-29(39)32-22-13-11-21(12-14-22)31-19(2)3/h5-14,16-17,19,26,31,35H,4,15,18H2,1-3H3,(H,36,37)(H2,30,33,38)(H2,32,34,39). The van der Waals surface area contributed by atoms with Gasteiger partial charge in [0.1, 0.15) is 0 Å². The molecule has 13 heteroatoms. The minimum Gasteiger partial charge on any atom is -0.481 e. The maximum Gasteiger partial charge on any atom is 0.319 e. The van der Waals surface area contributed by atoms with Crippen LogP contribution in [0.4, 0.5) is 32.3 Å². The molecule has 0 bridgehead atoms. The van der Waals surface area contributed by atoms with Gasteiger partial charge in [-0.05, 0) is 80.4 Å². The molecule has 42 heavy (non-hydrogen) atoms. The van der Waals surface area contributed by atoms with Crippen LogP contribution in [0.25, 0.3) is 0 Å². The summed E-state index contributed by atoms with van der Waals surface area (Å²) in [5, 5.41) is 23.3. The first-order valence-corrected chi connectivity index (χ1v) is 14.9. The highest BCUT2D eigenvalue weighted by atomic mass is 32.2. The SMILES string of the molecule is CCCNC(=O)Nc1cccc(S(=O)(=O)Nc2cccc(C(CC(=O)O)NC(=O)Nc3ccc(NC(C)C)cc3)c2)c1. The van der Waals surface area contributed by atoms with Crippen LogP contribution in [0.15, 0.2) is 77.7 Å². The highest BCUT2D eigenvalue weighted by Gasteiger charge is 2.21. The molecule has 0 aliphatic carbocycles. The third-order valence-corrected chi connectivity index (χ3v) is 7.14. The summed E-state index contributed by atoms with van der Waals surface area (Å²) < 4.78 is 28.7. The molecule has 0 spiro atoms. The summed E-state index contributed by atoms with van der Waals surface area (Å²) in [5.74, 6) is -1.15. The normalized spacial score (nSPS) is 11.7. The fourth-order valence-corrected chi connectivity index (χ4v) is 5.02. The molecule has 3 rings (SSSR count). The number of hydrogen-bond donors (Lipinski definition) is 7. The number of carbonyl (C=O) groups excluding carboxylic acids is 2. The molecular formula is C29H36N6O6S. The Hall–Kier alpha value is -4.78. The summed E-state index contributed by atoms with van der Waals surface area (Å²) in [6, 6.07) is 17.2. The van der Waals surface area contributed by atoms with Gasteiger partial charge in [-0.15, -0.1) is 0 Å². The van der Waals surface area contributed by atoms with Crippen molar-refractivity contribution in [3.63, 3.8) is 0 Å². The van der Waals surface area contributed by atoms with Gasteiger partial charge >= 0.3 is 18.0 Å². The number of carboxylic acids is 1. The largest absolute Gasteiger partial charge is 0.481 e. The van der Waals surface area contributed by atoms with E-state index < -0.39 is 40.5 Å². The lowest BCUT2D eigenvalue weighted by Gasteiger charge is -2.19. The maximum absolute atomic E-state index is 13.1. The molecule has 0 aliphatic rings. The van der Waals surface area contributed by atoms with E-state index in [0.717, 1.165) is 12.1 Å². The van der Waals surface area contributed by atoms with E-state index in [0.29, 0.717) is 23.5 Å². The number of hydrogen-bond acceptors (Lipinski definition) is 6. The Balaban J connectivity index is 1.73. The predicted molar refractivity (Wildman–Crippen MR) is 163 cm³/mol. The van der Waals surface area contributed by atoms with Crippen molar-refractivity contribution in [2.75, 3.05) is 27.2 Å². The van der Waals surface area contributed by atoms with Crippen LogP contribution in [0.3, 0.4) is 0 Å². The molecule has 7 N–H and O–H groups in total. The highest BCUT2D eigenvalue weighted by Crippen LogP contribution is 2.24. The van der Waals surface area contributed by atoms with Crippen molar-refractivity contribution in [2.45, 2.75) is 50.6 Å². The second-order valence-corrected chi connectivity index (χ2v) is 11.4. The zero-order valence-electron chi connectivity index (χ0n) is 23.6. The Labute approximate surface area is 245 Å². The summed E-state index contributed by atoms with van der Waals surface area (Å²) >= 11 is 0. The van der Waals surface area contributed by atoms with Crippen LogP contribution < -0.4 is 31.3 Å². The number of benzene rings is 3. The molecule has 224 valence electrons. The third kappa shape index (κ3) is 10.0. The topological polar surface area (TPSA) is 178 Å². The number of urea groups is 2. The lowest BCUT2D eigenvalue weighted by Crippen LogP contribution is -2.33. The average molecular weight is 597 g/mol. The van der Waals surface area contributed by atoms with E-state index in [-0.39, 0.29) is 16.6 Å². The molecule has 0 radical (unpaired) electrons. The minimum absolute atomic E-state index is 0.0876. The first kappa shape index (κ1) is 31.7. The summed E-state index contributed by atoms with van der Waals surface area (Å²) in [5.41, 5.74) is 2.24. The quantitative estimate of drug-likeness (QED) is 0.142. The van der Waals surface area contributed by atoms with Crippen LogP contribution >= 0.6 is 0 Å². The molecule has 0 saturated heterocycles.